The van der Waals surface area contributed by atoms with E-state index in [9.17, 15) is 14.9 Å². The number of likely N-dealkylation sites (tertiary alicyclic amines) is 1. The van der Waals surface area contributed by atoms with Crippen molar-refractivity contribution in [2.24, 2.45) is 11.7 Å². The van der Waals surface area contributed by atoms with Crippen molar-refractivity contribution in [3.05, 3.63) is 39.4 Å². The normalized spacial score (nSPS) is 22.1. The highest BCUT2D eigenvalue weighted by Gasteiger charge is 2.29. The number of amides is 1. The van der Waals surface area contributed by atoms with Crippen LogP contribution in [0.25, 0.3) is 0 Å². The molecule has 0 aliphatic carbocycles. The van der Waals surface area contributed by atoms with Gasteiger partial charge in [-0.15, -0.1) is 0 Å². The lowest BCUT2D eigenvalue weighted by atomic mass is 9.90. The zero-order valence-corrected chi connectivity index (χ0v) is 12.4. The van der Waals surface area contributed by atoms with E-state index in [1.54, 1.807) is 17.9 Å². The fraction of sp³-hybridized carbons (Fsp3) is 0.533. The second-order valence-electron chi connectivity index (χ2n) is 5.63. The summed E-state index contributed by atoms with van der Waals surface area (Å²) in [6.45, 7) is 5.10. The molecule has 6 nitrogen and oxygen atoms in total. The smallest absolute Gasteiger partial charge is 0.270 e. The number of piperidine rings is 1. The number of nitro groups is 1. The Morgan fingerprint density at radius 1 is 1.52 bits per heavy atom. The number of non-ortho nitro benzene ring substituents is 1. The highest BCUT2D eigenvalue weighted by molar-refractivity contribution is 5.96. The molecule has 1 aromatic carbocycles. The lowest BCUT2D eigenvalue weighted by molar-refractivity contribution is -0.384. The highest BCUT2D eigenvalue weighted by atomic mass is 16.6. The average Bonchev–Trinajstić information content (AvgIpc) is 2.47. The van der Waals surface area contributed by atoms with Crippen LogP contribution in [0.4, 0.5) is 5.69 Å². The summed E-state index contributed by atoms with van der Waals surface area (Å²) in [7, 11) is 0. The Bertz CT molecular complexity index is 559. The van der Waals surface area contributed by atoms with Gasteiger partial charge in [0.1, 0.15) is 0 Å². The molecule has 0 saturated carbocycles. The van der Waals surface area contributed by atoms with Gasteiger partial charge in [0.25, 0.3) is 11.6 Å². The Morgan fingerprint density at radius 2 is 2.24 bits per heavy atom. The van der Waals surface area contributed by atoms with Crippen LogP contribution >= 0.6 is 0 Å². The third kappa shape index (κ3) is 3.21. The lowest BCUT2D eigenvalue weighted by Crippen LogP contribution is -2.49. The maximum absolute atomic E-state index is 12.6. The summed E-state index contributed by atoms with van der Waals surface area (Å²) in [6, 6.07) is 4.55. The van der Waals surface area contributed by atoms with Gasteiger partial charge in [-0.3, -0.25) is 14.9 Å². The maximum atomic E-state index is 12.6. The first-order valence-electron chi connectivity index (χ1n) is 7.24. The molecule has 1 aliphatic heterocycles. The van der Waals surface area contributed by atoms with Crippen LogP contribution in [0.1, 0.15) is 35.7 Å². The van der Waals surface area contributed by atoms with Crippen molar-refractivity contribution in [2.75, 3.05) is 13.1 Å². The molecule has 1 aliphatic rings. The number of hydrogen-bond acceptors (Lipinski definition) is 4. The number of nitrogens with zero attached hydrogens (tertiary/aromatic N) is 2. The van der Waals surface area contributed by atoms with Crippen LogP contribution in [-0.4, -0.2) is 34.9 Å². The molecule has 1 saturated heterocycles. The summed E-state index contributed by atoms with van der Waals surface area (Å²) in [5.41, 5.74) is 7.18. The van der Waals surface area contributed by atoms with Gasteiger partial charge < -0.3 is 10.6 Å². The monoisotopic (exact) mass is 291 g/mol. The Labute approximate surface area is 124 Å². The van der Waals surface area contributed by atoms with Crippen molar-refractivity contribution >= 4 is 11.6 Å². The Kier molecular flexibility index (Phi) is 4.57. The Hall–Kier alpha value is -1.95. The van der Waals surface area contributed by atoms with Gasteiger partial charge in [0.05, 0.1) is 4.92 Å². The molecule has 2 atom stereocenters. The van der Waals surface area contributed by atoms with E-state index in [0.717, 1.165) is 18.4 Å². The van der Waals surface area contributed by atoms with E-state index < -0.39 is 4.92 Å². The molecule has 2 unspecified atom stereocenters. The number of carbonyl (C=O) groups is 1. The van der Waals surface area contributed by atoms with Crippen LogP contribution in [0.15, 0.2) is 18.2 Å². The Balaban J connectivity index is 2.24. The minimum Gasteiger partial charge on any atom is -0.338 e. The van der Waals surface area contributed by atoms with Crippen molar-refractivity contribution < 1.29 is 9.72 Å². The van der Waals surface area contributed by atoms with E-state index in [4.69, 9.17) is 5.73 Å². The molecule has 0 radical (unpaired) electrons. The molecule has 1 fully saturated rings. The first-order chi connectivity index (χ1) is 9.93. The average molecular weight is 291 g/mol. The molecule has 2 rings (SSSR count). The topological polar surface area (TPSA) is 89.5 Å². The van der Waals surface area contributed by atoms with Crippen LogP contribution in [0, 0.1) is 23.0 Å². The fourth-order valence-electron chi connectivity index (χ4n) is 2.79. The van der Waals surface area contributed by atoms with Gasteiger partial charge in [0.15, 0.2) is 0 Å². The van der Waals surface area contributed by atoms with Crippen LogP contribution in [0.3, 0.4) is 0 Å². The first-order valence-corrected chi connectivity index (χ1v) is 7.24. The highest BCUT2D eigenvalue weighted by Crippen LogP contribution is 2.23. The molecule has 1 aromatic rings. The lowest BCUT2D eigenvalue weighted by Gasteiger charge is -2.36. The number of hydrogen-bond donors (Lipinski definition) is 1. The van der Waals surface area contributed by atoms with Crippen molar-refractivity contribution in [3.63, 3.8) is 0 Å². The van der Waals surface area contributed by atoms with Crippen LogP contribution in [0.2, 0.25) is 0 Å². The molecular formula is C15H21N3O3. The first kappa shape index (κ1) is 15.4. The van der Waals surface area contributed by atoms with E-state index in [-0.39, 0.29) is 17.6 Å². The van der Waals surface area contributed by atoms with E-state index in [1.807, 2.05) is 0 Å². The van der Waals surface area contributed by atoms with Gasteiger partial charge in [-0.1, -0.05) is 19.4 Å². The van der Waals surface area contributed by atoms with Crippen molar-refractivity contribution in [1.29, 1.82) is 0 Å². The molecule has 0 bridgehead atoms. The van der Waals surface area contributed by atoms with Crippen molar-refractivity contribution in [2.45, 2.75) is 32.7 Å². The number of carbonyl (C=O) groups excluding carboxylic acids is 1. The van der Waals surface area contributed by atoms with Crippen molar-refractivity contribution in [1.82, 2.24) is 4.90 Å². The van der Waals surface area contributed by atoms with Gasteiger partial charge in [-0.05, 0) is 24.8 Å². The summed E-state index contributed by atoms with van der Waals surface area (Å²) in [6.07, 6.45) is 1.71. The molecule has 1 amide bonds. The molecule has 0 spiro atoms. The van der Waals surface area contributed by atoms with E-state index in [0.29, 0.717) is 24.6 Å². The number of nitrogens with two attached hydrogens (primary N) is 1. The summed E-state index contributed by atoms with van der Waals surface area (Å²) >= 11 is 0. The minimum absolute atomic E-state index is 0.0512. The quantitative estimate of drug-likeness (QED) is 0.682. The second kappa shape index (κ2) is 6.22. The maximum Gasteiger partial charge on any atom is 0.270 e. The SMILES string of the molecule is CCC1CN(C(=O)c2cc([N+](=O)[O-])ccc2C)CCC1N. The van der Waals surface area contributed by atoms with Gasteiger partial charge in [0, 0.05) is 36.8 Å². The number of rotatable bonds is 3. The zero-order chi connectivity index (χ0) is 15.6. The number of benzene rings is 1. The third-order valence-corrected chi connectivity index (χ3v) is 4.27. The summed E-state index contributed by atoms with van der Waals surface area (Å²) in [4.78, 5) is 24.8. The molecule has 2 N–H and O–H groups in total. The summed E-state index contributed by atoms with van der Waals surface area (Å²) in [5.74, 6) is 0.156. The number of nitro benzene ring substituents is 1. The predicted molar refractivity (Wildman–Crippen MR) is 80.1 cm³/mol. The van der Waals surface area contributed by atoms with Crippen LogP contribution in [0.5, 0.6) is 0 Å². The molecule has 114 valence electrons. The molecule has 1 heterocycles. The van der Waals surface area contributed by atoms with Gasteiger partial charge >= 0.3 is 0 Å². The standard InChI is InChI=1S/C15H21N3O3/c1-3-11-9-17(7-6-14(11)16)15(19)13-8-12(18(20)21)5-4-10(13)2/h4-5,8,11,14H,3,6-7,9,16H2,1-2H3. The van der Waals surface area contributed by atoms with Gasteiger partial charge in [-0.2, -0.15) is 0 Å². The minimum atomic E-state index is -0.475. The largest absolute Gasteiger partial charge is 0.338 e. The van der Waals surface area contributed by atoms with Crippen LogP contribution < -0.4 is 5.73 Å². The summed E-state index contributed by atoms with van der Waals surface area (Å²) in [5, 5.41) is 10.9. The Morgan fingerprint density at radius 3 is 2.86 bits per heavy atom. The predicted octanol–water partition coefficient (Wildman–Crippen LogP) is 2.10. The molecule has 6 heteroatoms. The third-order valence-electron chi connectivity index (χ3n) is 4.27. The summed E-state index contributed by atoms with van der Waals surface area (Å²) < 4.78 is 0. The van der Waals surface area contributed by atoms with E-state index in [1.165, 1.54) is 12.1 Å². The van der Waals surface area contributed by atoms with E-state index in [2.05, 4.69) is 6.92 Å². The number of aryl methyl sites for hydroxylation is 1. The second-order valence-corrected chi connectivity index (χ2v) is 5.63. The zero-order valence-electron chi connectivity index (χ0n) is 12.4. The van der Waals surface area contributed by atoms with Gasteiger partial charge in [-0.25, -0.2) is 0 Å². The molecular weight excluding hydrogens is 270 g/mol. The van der Waals surface area contributed by atoms with Crippen molar-refractivity contribution in [3.8, 4) is 0 Å². The van der Waals surface area contributed by atoms with E-state index >= 15 is 0 Å². The fourth-order valence-corrected chi connectivity index (χ4v) is 2.79. The van der Waals surface area contributed by atoms with Gasteiger partial charge in [0.2, 0.25) is 0 Å². The molecule has 0 aromatic heterocycles. The molecule has 21 heavy (non-hydrogen) atoms. The van der Waals surface area contributed by atoms with Crippen LogP contribution in [-0.2, 0) is 0 Å².